The second-order valence-corrected chi connectivity index (χ2v) is 7.40. The van der Waals surface area contributed by atoms with Crippen molar-refractivity contribution >= 4 is 0 Å². The van der Waals surface area contributed by atoms with Gasteiger partial charge in [-0.1, -0.05) is 32.9 Å². The van der Waals surface area contributed by atoms with Crippen molar-refractivity contribution in [1.82, 2.24) is 10.2 Å². The lowest BCUT2D eigenvalue weighted by Gasteiger charge is -2.39. The summed E-state index contributed by atoms with van der Waals surface area (Å²) in [5, 5.41) is 8.89. The summed E-state index contributed by atoms with van der Waals surface area (Å²) in [6.45, 7) is 7.27. The van der Waals surface area contributed by atoms with Crippen LogP contribution in [-0.4, -0.2) is 23.9 Å². The Kier molecular flexibility index (Phi) is 4.68. The molecule has 2 aromatic rings. The van der Waals surface area contributed by atoms with Crippen molar-refractivity contribution in [3.05, 3.63) is 47.4 Å². The van der Waals surface area contributed by atoms with Crippen LogP contribution in [-0.2, 0) is 10.2 Å². The molecule has 2 atom stereocenters. The lowest BCUT2D eigenvalue weighted by molar-refractivity contribution is 0.119. The second kappa shape index (κ2) is 6.60. The minimum Gasteiger partial charge on any atom is -0.384 e. The molecule has 1 heterocycles. The van der Waals surface area contributed by atoms with Crippen LogP contribution in [0.25, 0.3) is 11.3 Å². The predicted molar refractivity (Wildman–Crippen MR) is 93.5 cm³/mol. The van der Waals surface area contributed by atoms with Crippen molar-refractivity contribution < 1.29 is 9.13 Å². The maximum Gasteiger partial charge on any atom is 0.132 e. The van der Waals surface area contributed by atoms with Gasteiger partial charge in [-0.15, -0.1) is 0 Å². The summed E-state index contributed by atoms with van der Waals surface area (Å²) in [4.78, 5) is 0. The first-order valence-electron chi connectivity index (χ1n) is 8.58. The van der Waals surface area contributed by atoms with Crippen LogP contribution in [0.2, 0.25) is 0 Å². The number of halogens is 1. The molecule has 1 aliphatic carbocycles. The summed E-state index contributed by atoms with van der Waals surface area (Å²) in [5.74, 6) is 0.669. The summed E-state index contributed by atoms with van der Waals surface area (Å²) in [5.41, 5.74) is 3.20. The standard InChI is InChI=1S/C20H25FN2O/c1-13(2)14-9-10-20(3,12-24-4)19-16(14)11-18(22-23-19)15-7-5-6-8-17(15)21/h5-8,11,13-14H,9-10,12H2,1-4H3/t14-,20-/m1/s1. The van der Waals surface area contributed by atoms with Crippen LogP contribution in [0.15, 0.2) is 30.3 Å². The fourth-order valence-electron chi connectivity index (χ4n) is 3.86. The van der Waals surface area contributed by atoms with E-state index < -0.39 is 0 Å². The molecular formula is C20H25FN2O. The maximum absolute atomic E-state index is 14.1. The zero-order valence-electron chi connectivity index (χ0n) is 14.8. The number of fused-ring (bicyclic) bond motifs is 1. The van der Waals surface area contributed by atoms with Gasteiger partial charge in [0.15, 0.2) is 0 Å². The molecular weight excluding hydrogens is 303 g/mol. The molecule has 0 N–H and O–H groups in total. The molecule has 0 amide bonds. The smallest absolute Gasteiger partial charge is 0.132 e. The Morgan fingerprint density at radius 1 is 1.29 bits per heavy atom. The van der Waals surface area contributed by atoms with Gasteiger partial charge in [0.05, 0.1) is 18.0 Å². The third-order valence-corrected chi connectivity index (χ3v) is 5.22. The topological polar surface area (TPSA) is 35.0 Å². The zero-order valence-corrected chi connectivity index (χ0v) is 14.8. The minimum atomic E-state index is -0.261. The van der Waals surface area contributed by atoms with Gasteiger partial charge in [0, 0.05) is 18.1 Å². The Labute approximate surface area is 143 Å². The third kappa shape index (κ3) is 2.95. The van der Waals surface area contributed by atoms with E-state index in [9.17, 15) is 4.39 Å². The van der Waals surface area contributed by atoms with E-state index in [1.54, 1.807) is 19.2 Å². The van der Waals surface area contributed by atoms with Gasteiger partial charge >= 0.3 is 0 Å². The monoisotopic (exact) mass is 328 g/mol. The molecule has 0 bridgehead atoms. The number of methoxy groups -OCH3 is 1. The molecule has 0 saturated heterocycles. The van der Waals surface area contributed by atoms with Gasteiger partial charge in [-0.05, 0) is 48.4 Å². The van der Waals surface area contributed by atoms with E-state index in [0.717, 1.165) is 18.5 Å². The van der Waals surface area contributed by atoms with Crippen LogP contribution in [0.3, 0.4) is 0 Å². The van der Waals surface area contributed by atoms with Gasteiger partial charge in [-0.25, -0.2) is 4.39 Å². The van der Waals surface area contributed by atoms with Gasteiger partial charge in [0.1, 0.15) is 5.82 Å². The summed E-state index contributed by atoms with van der Waals surface area (Å²) >= 11 is 0. The van der Waals surface area contributed by atoms with Crippen molar-refractivity contribution in [2.45, 2.75) is 44.9 Å². The highest BCUT2D eigenvalue weighted by molar-refractivity contribution is 5.61. The lowest BCUT2D eigenvalue weighted by atomic mass is 9.68. The van der Waals surface area contributed by atoms with Gasteiger partial charge in [0.25, 0.3) is 0 Å². The van der Waals surface area contributed by atoms with Crippen LogP contribution in [0.5, 0.6) is 0 Å². The average molecular weight is 328 g/mol. The Morgan fingerprint density at radius 2 is 2.04 bits per heavy atom. The molecule has 0 unspecified atom stereocenters. The fourth-order valence-corrected chi connectivity index (χ4v) is 3.86. The number of nitrogens with zero attached hydrogens (tertiary/aromatic N) is 2. The molecule has 1 aromatic heterocycles. The second-order valence-electron chi connectivity index (χ2n) is 7.40. The maximum atomic E-state index is 14.1. The highest BCUT2D eigenvalue weighted by atomic mass is 19.1. The summed E-state index contributed by atoms with van der Waals surface area (Å²) in [6, 6.07) is 8.78. The highest BCUT2D eigenvalue weighted by Crippen LogP contribution is 2.45. The first kappa shape index (κ1) is 17.0. The Bertz CT molecular complexity index is 731. The van der Waals surface area contributed by atoms with Crippen LogP contribution in [0, 0.1) is 11.7 Å². The first-order chi connectivity index (χ1) is 11.5. The normalized spacial score (nSPS) is 23.3. The Hall–Kier alpha value is -1.81. The van der Waals surface area contributed by atoms with E-state index >= 15 is 0 Å². The lowest BCUT2D eigenvalue weighted by Crippen LogP contribution is -2.36. The fraction of sp³-hybridized carbons (Fsp3) is 0.500. The summed E-state index contributed by atoms with van der Waals surface area (Å²) in [7, 11) is 1.72. The van der Waals surface area contributed by atoms with Crippen LogP contribution >= 0.6 is 0 Å². The van der Waals surface area contributed by atoms with E-state index in [1.165, 1.54) is 11.6 Å². The van der Waals surface area contributed by atoms with E-state index in [-0.39, 0.29) is 11.2 Å². The van der Waals surface area contributed by atoms with Crippen molar-refractivity contribution in [2.75, 3.05) is 13.7 Å². The van der Waals surface area contributed by atoms with Gasteiger partial charge < -0.3 is 4.74 Å². The van der Waals surface area contributed by atoms with E-state index in [4.69, 9.17) is 4.74 Å². The van der Waals surface area contributed by atoms with Crippen LogP contribution in [0.1, 0.15) is 50.8 Å². The Morgan fingerprint density at radius 3 is 2.71 bits per heavy atom. The molecule has 0 spiro atoms. The van der Waals surface area contributed by atoms with Gasteiger partial charge in [0.2, 0.25) is 0 Å². The van der Waals surface area contributed by atoms with Crippen molar-refractivity contribution in [3.63, 3.8) is 0 Å². The molecule has 0 radical (unpaired) electrons. The number of benzene rings is 1. The number of rotatable bonds is 4. The first-order valence-corrected chi connectivity index (χ1v) is 8.58. The molecule has 0 aliphatic heterocycles. The van der Waals surface area contributed by atoms with E-state index in [0.29, 0.717) is 29.7 Å². The predicted octanol–water partition coefficient (Wildman–Crippen LogP) is 4.72. The SMILES string of the molecule is COC[C@@]1(C)CC[C@H](C(C)C)c2cc(-c3ccccc3F)nnc21. The number of ether oxygens (including phenoxy) is 1. The van der Waals surface area contributed by atoms with E-state index in [1.807, 2.05) is 12.1 Å². The molecule has 4 heteroatoms. The molecule has 3 rings (SSSR count). The minimum absolute atomic E-state index is 0.129. The van der Waals surface area contributed by atoms with Crippen LogP contribution in [0.4, 0.5) is 4.39 Å². The number of aromatic nitrogens is 2. The Balaban J connectivity index is 2.13. The third-order valence-electron chi connectivity index (χ3n) is 5.22. The largest absolute Gasteiger partial charge is 0.384 e. The molecule has 0 saturated carbocycles. The number of hydrogen-bond acceptors (Lipinski definition) is 3. The highest BCUT2D eigenvalue weighted by Gasteiger charge is 2.39. The average Bonchev–Trinajstić information content (AvgIpc) is 2.55. The molecule has 24 heavy (non-hydrogen) atoms. The van der Waals surface area contributed by atoms with Gasteiger partial charge in [-0.3, -0.25) is 0 Å². The summed E-state index contributed by atoms with van der Waals surface area (Å²) in [6.07, 6.45) is 2.12. The molecule has 1 aliphatic rings. The molecule has 3 nitrogen and oxygen atoms in total. The summed E-state index contributed by atoms with van der Waals surface area (Å²) < 4.78 is 19.6. The van der Waals surface area contributed by atoms with Crippen molar-refractivity contribution in [3.8, 4) is 11.3 Å². The molecule has 128 valence electrons. The van der Waals surface area contributed by atoms with Crippen LogP contribution < -0.4 is 0 Å². The van der Waals surface area contributed by atoms with Crippen molar-refractivity contribution in [1.29, 1.82) is 0 Å². The molecule has 0 fully saturated rings. The molecule has 1 aromatic carbocycles. The van der Waals surface area contributed by atoms with Gasteiger partial charge in [-0.2, -0.15) is 10.2 Å². The zero-order chi connectivity index (χ0) is 17.3. The number of hydrogen-bond donors (Lipinski definition) is 0. The quantitative estimate of drug-likeness (QED) is 0.814. The van der Waals surface area contributed by atoms with Crippen molar-refractivity contribution in [2.24, 2.45) is 5.92 Å². The van der Waals surface area contributed by atoms with E-state index in [2.05, 4.69) is 31.0 Å².